The third-order valence-corrected chi connectivity index (χ3v) is 4.66. The van der Waals surface area contributed by atoms with Gasteiger partial charge in [-0.1, -0.05) is 30.3 Å². The number of rotatable bonds is 4. The van der Waals surface area contributed by atoms with E-state index in [-0.39, 0.29) is 12.5 Å². The Morgan fingerprint density at radius 2 is 1.76 bits per heavy atom. The lowest BCUT2D eigenvalue weighted by molar-refractivity contribution is 0.0952. The molecule has 2 heterocycles. The van der Waals surface area contributed by atoms with E-state index < -0.39 is 11.6 Å². The first kappa shape index (κ1) is 18.7. The zero-order chi connectivity index (χ0) is 20.5. The van der Waals surface area contributed by atoms with Crippen molar-refractivity contribution in [2.24, 2.45) is 7.05 Å². The van der Waals surface area contributed by atoms with Gasteiger partial charge < -0.3 is 5.32 Å². The van der Waals surface area contributed by atoms with Gasteiger partial charge in [0.25, 0.3) is 5.91 Å². The van der Waals surface area contributed by atoms with Crippen molar-refractivity contribution in [2.75, 3.05) is 0 Å². The van der Waals surface area contributed by atoms with Gasteiger partial charge in [0, 0.05) is 25.2 Å². The maximum absolute atomic E-state index is 13.4. The zero-order valence-electron chi connectivity index (χ0n) is 15.9. The summed E-state index contributed by atoms with van der Waals surface area (Å²) in [4.78, 5) is 17.7. The molecule has 146 valence electrons. The number of aromatic nitrogens is 3. The Labute approximate surface area is 166 Å². The van der Waals surface area contributed by atoms with E-state index in [2.05, 4.69) is 15.4 Å². The van der Waals surface area contributed by atoms with Gasteiger partial charge in [-0.05, 0) is 30.7 Å². The van der Waals surface area contributed by atoms with Gasteiger partial charge in [0.15, 0.2) is 5.65 Å². The van der Waals surface area contributed by atoms with Crippen LogP contribution in [0.3, 0.4) is 0 Å². The summed E-state index contributed by atoms with van der Waals surface area (Å²) in [6.45, 7) is 1.81. The standard InChI is InChI=1S/C22H18F2N4O/c1-13-20-18(22(29)25-12-14-8-16(23)10-17(24)9-14)11-19(15-6-4-3-5-7-15)26-21(20)28(2)27-13/h3-11H,12H2,1-2H3,(H,25,29). The normalized spacial score (nSPS) is 11.0. The molecule has 1 N–H and O–H groups in total. The molecule has 0 fully saturated rings. The minimum atomic E-state index is -0.685. The van der Waals surface area contributed by atoms with Gasteiger partial charge in [0.2, 0.25) is 0 Å². The Morgan fingerprint density at radius 3 is 2.45 bits per heavy atom. The van der Waals surface area contributed by atoms with Gasteiger partial charge in [0.05, 0.1) is 22.3 Å². The van der Waals surface area contributed by atoms with Crippen molar-refractivity contribution < 1.29 is 13.6 Å². The highest BCUT2D eigenvalue weighted by Crippen LogP contribution is 2.26. The average Bonchev–Trinajstić information content (AvgIpc) is 2.99. The third kappa shape index (κ3) is 3.71. The molecular formula is C22H18F2N4O. The molecule has 7 heteroatoms. The molecule has 0 radical (unpaired) electrons. The van der Waals surface area contributed by atoms with E-state index in [4.69, 9.17) is 0 Å². The summed E-state index contributed by atoms with van der Waals surface area (Å²) in [5, 5.41) is 7.77. The fourth-order valence-corrected chi connectivity index (χ4v) is 3.37. The smallest absolute Gasteiger partial charge is 0.252 e. The van der Waals surface area contributed by atoms with Crippen LogP contribution in [-0.2, 0) is 13.6 Å². The highest BCUT2D eigenvalue weighted by molar-refractivity contribution is 6.07. The van der Waals surface area contributed by atoms with Crippen LogP contribution in [0.5, 0.6) is 0 Å². The van der Waals surface area contributed by atoms with Crippen molar-refractivity contribution in [1.29, 1.82) is 0 Å². The third-order valence-electron chi connectivity index (χ3n) is 4.66. The maximum atomic E-state index is 13.4. The Morgan fingerprint density at radius 1 is 1.07 bits per heavy atom. The lowest BCUT2D eigenvalue weighted by atomic mass is 10.0. The number of nitrogens with zero attached hydrogens (tertiary/aromatic N) is 3. The van der Waals surface area contributed by atoms with E-state index in [1.165, 1.54) is 12.1 Å². The van der Waals surface area contributed by atoms with Gasteiger partial charge in [0.1, 0.15) is 11.6 Å². The number of amides is 1. The van der Waals surface area contributed by atoms with Crippen molar-refractivity contribution in [1.82, 2.24) is 20.1 Å². The number of hydrogen-bond donors (Lipinski definition) is 1. The Balaban J connectivity index is 1.74. The van der Waals surface area contributed by atoms with E-state index in [9.17, 15) is 13.6 Å². The minimum Gasteiger partial charge on any atom is -0.348 e. The number of carbonyl (C=O) groups is 1. The van der Waals surface area contributed by atoms with Crippen LogP contribution in [0.15, 0.2) is 54.6 Å². The Hall–Kier alpha value is -3.61. The van der Waals surface area contributed by atoms with Gasteiger partial charge in [-0.2, -0.15) is 5.10 Å². The van der Waals surface area contributed by atoms with E-state index in [1.54, 1.807) is 17.8 Å². The molecular weight excluding hydrogens is 374 g/mol. The first-order valence-electron chi connectivity index (χ1n) is 9.05. The van der Waals surface area contributed by atoms with Crippen LogP contribution in [0, 0.1) is 18.6 Å². The summed E-state index contributed by atoms with van der Waals surface area (Å²) in [5.74, 6) is -1.74. The SMILES string of the molecule is Cc1nn(C)c2nc(-c3ccccc3)cc(C(=O)NCc3cc(F)cc(F)c3)c12. The molecule has 0 bridgehead atoms. The van der Waals surface area contributed by atoms with Crippen LogP contribution in [0.4, 0.5) is 8.78 Å². The molecule has 0 aliphatic rings. The fraction of sp³-hybridized carbons (Fsp3) is 0.136. The minimum absolute atomic E-state index is 0.00267. The molecule has 1 amide bonds. The lowest BCUT2D eigenvalue weighted by Crippen LogP contribution is -2.23. The molecule has 0 aliphatic heterocycles. The number of nitrogens with one attached hydrogen (secondary N) is 1. The number of halogens is 2. The van der Waals surface area contributed by atoms with Gasteiger partial charge in [-0.3, -0.25) is 9.48 Å². The van der Waals surface area contributed by atoms with Crippen LogP contribution >= 0.6 is 0 Å². The number of hydrogen-bond acceptors (Lipinski definition) is 3. The molecule has 0 saturated carbocycles. The molecule has 0 unspecified atom stereocenters. The van der Waals surface area contributed by atoms with E-state index in [1.807, 2.05) is 37.3 Å². The van der Waals surface area contributed by atoms with Crippen molar-refractivity contribution >= 4 is 16.9 Å². The maximum Gasteiger partial charge on any atom is 0.252 e. The molecule has 2 aromatic heterocycles. The van der Waals surface area contributed by atoms with Crippen molar-refractivity contribution in [2.45, 2.75) is 13.5 Å². The number of pyridine rings is 1. The van der Waals surface area contributed by atoms with Crippen LogP contribution in [-0.4, -0.2) is 20.7 Å². The molecule has 4 aromatic rings. The first-order valence-corrected chi connectivity index (χ1v) is 9.05. The topological polar surface area (TPSA) is 59.8 Å². The second-order valence-electron chi connectivity index (χ2n) is 6.79. The second kappa shape index (κ2) is 7.43. The van der Waals surface area contributed by atoms with Crippen molar-refractivity contribution in [3.63, 3.8) is 0 Å². The molecule has 4 rings (SSSR count). The zero-order valence-corrected chi connectivity index (χ0v) is 15.9. The molecule has 0 aliphatic carbocycles. The summed E-state index contributed by atoms with van der Waals surface area (Å²) >= 11 is 0. The number of carbonyl (C=O) groups excluding carboxylic acids is 1. The highest BCUT2D eigenvalue weighted by atomic mass is 19.1. The summed E-state index contributed by atoms with van der Waals surface area (Å²) in [6, 6.07) is 14.4. The predicted octanol–water partition coefficient (Wildman–Crippen LogP) is 4.15. The molecule has 0 atom stereocenters. The number of fused-ring (bicyclic) bond motifs is 1. The molecule has 29 heavy (non-hydrogen) atoms. The van der Waals surface area contributed by atoms with Crippen LogP contribution in [0.1, 0.15) is 21.6 Å². The summed E-state index contributed by atoms with van der Waals surface area (Å²) in [6.07, 6.45) is 0. The van der Waals surface area contributed by atoms with Gasteiger partial charge >= 0.3 is 0 Å². The largest absolute Gasteiger partial charge is 0.348 e. The van der Waals surface area contributed by atoms with E-state index >= 15 is 0 Å². The summed E-state index contributed by atoms with van der Waals surface area (Å²) in [7, 11) is 1.77. The van der Waals surface area contributed by atoms with Gasteiger partial charge in [-0.15, -0.1) is 0 Å². The highest BCUT2D eigenvalue weighted by Gasteiger charge is 2.19. The van der Waals surface area contributed by atoms with Crippen molar-refractivity contribution in [3.05, 3.63) is 83.1 Å². The second-order valence-corrected chi connectivity index (χ2v) is 6.79. The monoisotopic (exact) mass is 392 g/mol. The fourth-order valence-electron chi connectivity index (χ4n) is 3.37. The summed E-state index contributed by atoms with van der Waals surface area (Å²) in [5.41, 5.74) is 3.53. The average molecular weight is 392 g/mol. The van der Waals surface area contributed by atoms with Crippen LogP contribution in [0.25, 0.3) is 22.3 Å². The Bertz CT molecular complexity index is 1200. The van der Waals surface area contributed by atoms with E-state index in [0.717, 1.165) is 11.6 Å². The quantitative estimate of drug-likeness (QED) is 0.568. The number of benzene rings is 2. The Kier molecular flexibility index (Phi) is 4.80. The molecule has 0 saturated heterocycles. The molecule has 2 aromatic carbocycles. The van der Waals surface area contributed by atoms with Gasteiger partial charge in [-0.25, -0.2) is 13.8 Å². The number of aryl methyl sites for hydroxylation is 2. The van der Waals surface area contributed by atoms with Crippen LogP contribution in [0.2, 0.25) is 0 Å². The van der Waals surface area contributed by atoms with Crippen LogP contribution < -0.4 is 5.32 Å². The predicted molar refractivity (Wildman–Crippen MR) is 106 cm³/mol. The van der Waals surface area contributed by atoms with E-state index in [0.29, 0.717) is 33.5 Å². The first-order chi connectivity index (χ1) is 13.9. The van der Waals surface area contributed by atoms with Crippen molar-refractivity contribution in [3.8, 4) is 11.3 Å². The molecule has 0 spiro atoms. The lowest BCUT2D eigenvalue weighted by Gasteiger charge is -2.10. The summed E-state index contributed by atoms with van der Waals surface area (Å²) < 4.78 is 28.5. The molecule has 5 nitrogen and oxygen atoms in total.